The summed E-state index contributed by atoms with van der Waals surface area (Å²) in [6.07, 6.45) is 3.56. The van der Waals surface area contributed by atoms with E-state index in [4.69, 9.17) is 0 Å². The third-order valence-corrected chi connectivity index (χ3v) is 3.88. The van der Waals surface area contributed by atoms with Crippen LogP contribution in [0.3, 0.4) is 0 Å². The lowest BCUT2D eigenvalue weighted by Crippen LogP contribution is -2.47. The molecule has 4 heteroatoms. The molecule has 1 rings (SSSR count). The normalized spacial score (nSPS) is 28.1. The fourth-order valence-electron chi connectivity index (χ4n) is 2.41. The van der Waals surface area contributed by atoms with Crippen molar-refractivity contribution >= 4 is 11.9 Å². The first kappa shape index (κ1) is 15.0. The van der Waals surface area contributed by atoms with Gasteiger partial charge in [-0.1, -0.05) is 27.2 Å². The van der Waals surface area contributed by atoms with Crippen molar-refractivity contribution in [3.63, 3.8) is 0 Å². The van der Waals surface area contributed by atoms with Crippen molar-refractivity contribution in [2.24, 2.45) is 10.8 Å². The Morgan fingerprint density at radius 2 is 2.00 bits per heavy atom. The molecule has 2 N–H and O–H groups in total. The van der Waals surface area contributed by atoms with Gasteiger partial charge in [-0.3, -0.25) is 9.59 Å². The summed E-state index contributed by atoms with van der Waals surface area (Å²) in [6.45, 7) is 8.02. The van der Waals surface area contributed by atoms with Crippen LogP contribution in [-0.4, -0.2) is 23.0 Å². The van der Waals surface area contributed by atoms with Crippen molar-refractivity contribution in [1.29, 1.82) is 0 Å². The molecule has 0 aromatic carbocycles. The number of hydrogen-bond donors (Lipinski definition) is 2. The number of hydrogen-bond acceptors (Lipinski definition) is 2. The minimum absolute atomic E-state index is 0.0238. The lowest BCUT2D eigenvalue weighted by atomic mass is 9.84. The molecule has 4 nitrogen and oxygen atoms in total. The maximum absolute atomic E-state index is 11.9. The van der Waals surface area contributed by atoms with Gasteiger partial charge in [-0.25, -0.2) is 0 Å². The first-order chi connectivity index (χ1) is 8.15. The summed E-state index contributed by atoms with van der Waals surface area (Å²) in [6, 6.07) is -0.220. The Hall–Kier alpha value is -1.06. The van der Waals surface area contributed by atoms with E-state index in [0.29, 0.717) is 12.8 Å². The van der Waals surface area contributed by atoms with Gasteiger partial charge in [-0.15, -0.1) is 0 Å². The highest BCUT2D eigenvalue weighted by molar-refractivity contribution is 5.80. The standard InChI is InChI=1S/C14H25NO3/c1-13(2,3)9-7-11(16)15-10-6-5-8-14(10,4)12(17)18/h10H,5-9H2,1-4H3,(H,15,16)(H,17,18). The number of carbonyl (C=O) groups is 2. The van der Waals surface area contributed by atoms with E-state index < -0.39 is 11.4 Å². The Morgan fingerprint density at radius 1 is 1.39 bits per heavy atom. The van der Waals surface area contributed by atoms with Gasteiger partial charge in [0, 0.05) is 12.5 Å². The molecule has 0 radical (unpaired) electrons. The van der Waals surface area contributed by atoms with E-state index in [9.17, 15) is 14.7 Å². The number of amides is 1. The summed E-state index contributed by atoms with van der Waals surface area (Å²) < 4.78 is 0. The van der Waals surface area contributed by atoms with E-state index in [0.717, 1.165) is 19.3 Å². The zero-order valence-electron chi connectivity index (χ0n) is 11.9. The highest BCUT2D eigenvalue weighted by atomic mass is 16.4. The van der Waals surface area contributed by atoms with Crippen molar-refractivity contribution in [3.05, 3.63) is 0 Å². The molecule has 1 aliphatic carbocycles. The predicted molar refractivity (Wildman–Crippen MR) is 70.2 cm³/mol. The molecule has 18 heavy (non-hydrogen) atoms. The Labute approximate surface area is 109 Å². The molecule has 0 aromatic heterocycles. The highest BCUT2D eigenvalue weighted by Crippen LogP contribution is 2.38. The minimum atomic E-state index is -0.805. The van der Waals surface area contributed by atoms with Crippen LogP contribution in [0.2, 0.25) is 0 Å². The molecule has 1 saturated carbocycles. The zero-order valence-corrected chi connectivity index (χ0v) is 11.9. The summed E-state index contributed by atoms with van der Waals surface area (Å²) in [7, 11) is 0. The topological polar surface area (TPSA) is 66.4 Å². The highest BCUT2D eigenvalue weighted by Gasteiger charge is 2.45. The third kappa shape index (κ3) is 3.72. The molecule has 0 spiro atoms. The molecule has 1 amide bonds. The van der Waals surface area contributed by atoms with Crippen LogP contribution < -0.4 is 5.32 Å². The van der Waals surface area contributed by atoms with Crippen molar-refractivity contribution < 1.29 is 14.7 Å². The fraction of sp³-hybridized carbons (Fsp3) is 0.857. The van der Waals surface area contributed by atoms with Gasteiger partial charge in [-0.05, 0) is 31.6 Å². The lowest BCUT2D eigenvalue weighted by Gasteiger charge is -2.28. The van der Waals surface area contributed by atoms with Crippen LogP contribution in [0.15, 0.2) is 0 Å². The molecule has 0 bridgehead atoms. The van der Waals surface area contributed by atoms with Crippen LogP contribution in [-0.2, 0) is 9.59 Å². The van der Waals surface area contributed by atoms with Crippen LogP contribution in [0.25, 0.3) is 0 Å². The predicted octanol–water partition coefficient (Wildman–Crippen LogP) is 2.57. The van der Waals surface area contributed by atoms with Gasteiger partial charge in [0.1, 0.15) is 0 Å². The van der Waals surface area contributed by atoms with Gasteiger partial charge in [0.25, 0.3) is 0 Å². The van der Waals surface area contributed by atoms with E-state index in [1.165, 1.54) is 0 Å². The smallest absolute Gasteiger partial charge is 0.311 e. The van der Waals surface area contributed by atoms with Crippen molar-refractivity contribution in [2.45, 2.75) is 65.8 Å². The maximum Gasteiger partial charge on any atom is 0.311 e. The van der Waals surface area contributed by atoms with Crippen LogP contribution in [0.4, 0.5) is 0 Å². The van der Waals surface area contributed by atoms with Gasteiger partial charge < -0.3 is 10.4 Å². The molecule has 0 aromatic rings. The summed E-state index contributed by atoms with van der Waals surface area (Å²) >= 11 is 0. The number of aliphatic carboxylic acids is 1. The molecular weight excluding hydrogens is 230 g/mol. The van der Waals surface area contributed by atoms with E-state index in [2.05, 4.69) is 26.1 Å². The largest absolute Gasteiger partial charge is 0.481 e. The molecular formula is C14H25NO3. The summed E-state index contributed by atoms with van der Waals surface area (Å²) in [5.74, 6) is -0.828. The molecule has 1 aliphatic rings. The fourth-order valence-corrected chi connectivity index (χ4v) is 2.41. The van der Waals surface area contributed by atoms with Crippen LogP contribution in [0, 0.1) is 10.8 Å². The number of carboxylic acids is 1. The zero-order chi connectivity index (χ0) is 14.0. The SMILES string of the molecule is CC(C)(C)CCC(=O)NC1CCCC1(C)C(=O)O. The quantitative estimate of drug-likeness (QED) is 0.811. The lowest BCUT2D eigenvalue weighted by molar-refractivity contribution is -0.149. The Bertz CT molecular complexity index is 332. The summed E-state index contributed by atoms with van der Waals surface area (Å²) in [5, 5.41) is 12.2. The number of rotatable bonds is 4. The summed E-state index contributed by atoms with van der Waals surface area (Å²) in [4.78, 5) is 23.1. The Balaban J connectivity index is 2.52. The van der Waals surface area contributed by atoms with Gasteiger partial charge in [0.2, 0.25) is 5.91 Å². The number of carboxylic acid groups (broad SMARTS) is 1. The van der Waals surface area contributed by atoms with Crippen molar-refractivity contribution in [1.82, 2.24) is 5.32 Å². The van der Waals surface area contributed by atoms with Gasteiger partial charge in [0.05, 0.1) is 5.41 Å². The van der Waals surface area contributed by atoms with Gasteiger partial charge in [0.15, 0.2) is 0 Å². The number of carbonyl (C=O) groups excluding carboxylic acids is 1. The minimum Gasteiger partial charge on any atom is -0.481 e. The van der Waals surface area contributed by atoms with Crippen LogP contribution in [0.1, 0.15) is 59.8 Å². The van der Waals surface area contributed by atoms with Crippen molar-refractivity contribution in [2.75, 3.05) is 0 Å². The second-order valence-corrected chi connectivity index (χ2v) is 6.80. The van der Waals surface area contributed by atoms with Gasteiger partial charge in [-0.2, -0.15) is 0 Å². The molecule has 104 valence electrons. The molecule has 0 heterocycles. The summed E-state index contributed by atoms with van der Waals surface area (Å²) in [5.41, 5.74) is -0.666. The third-order valence-electron chi connectivity index (χ3n) is 3.88. The first-order valence-electron chi connectivity index (χ1n) is 6.68. The average Bonchev–Trinajstić information content (AvgIpc) is 2.58. The van der Waals surface area contributed by atoms with E-state index >= 15 is 0 Å². The maximum atomic E-state index is 11.9. The molecule has 1 fully saturated rings. The monoisotopic (exact) mass is 255 g/mol. The molecule has 0 aliphatic heterocycles. The average molecular weight is 255 g/mol. The first-order valence-corrected chi connectivity index (χ1v) is 6.68. The van der Waals surface area contributed by atoms with E-state index in [1.54, 1.807) is 6.92 Å². The van der Waals surface area contributed by atoms with E-state index in [-0.39, 0.29) is 17.4 Å². The second kappa shape index (κ2) is 5.29. The molecule has 2 atom stereocenters. The van der Waals surface area contributed by atoms with Crippen molar-refractivity contribution in [3.8, 4) is 0 Å². The molecule has 0 saturated heterocycles. The second-order valence-electron chi connectivity index (χ2n) is 6.80. The number of nitrogens with one attached hydrogen (secondary N) is 1. The van der Waals surface area contributed by atoms with Gasteiger partial charge >= 0.3 is 5.97 Å². The van der Waals surface area contributed by atoms with E-state index in [1.807, 2.05) is 0 Å². The Morgan fingerprint density at radius 3 is 2.50 bits per heavy atom. The molecule has 2 unspecified atom stereocenters. The van der Waals surface area contributed by atoms with Crippen LogP contribution in [0.5, 0.6) is 0 Å². The van der Waals surface area contributed by atoms with Crippen LogP contribution >= 0.6 is 0 Å². The Kier molecular flexibility index (Phi) is 4.41.